The van der Waals surface area contributed by atoms with Gasteiger partial charge in [-0.3, -0.25) is 29.8 Å². The van der Waals surface area contributed by atoms with Crippen LogP contribution in [0.15, 0.2) is 116 Å². The summed E-state index contributed by atoms with van der Waals surface area (Å²) in [6, 6.07) is 25.9. The van der Waals surface area contributed by atoms with Crippen molar-refractivity contribution in [2.45, 2.75) is 22.6 Å². The van der Waals surface area contributed by atoms with Crippen molar-refractivity contribution in [1.82, 2.24) is 10.3 Å². The van der Waals surface area contributed by atoms with Crippen LogP contribution in [-0.2, 0) is 22.4 Å². The normalized spacial score (nSPS) is 11.5. The maximum absolute atomic E-state index is 12.8. The number of nitrogens with zero attached hydrogens (tertiary/aromatic N) is 4. The molecule has 0 saturated carbocycles. The number of nitro groups is 2. The van der Waals surface area contributed by atoms with Crippen molar-refractivity contribution in [2.75, 3.05) is 16.0 Å². The summed E-state index contributed by atoms with van der Waals surface area (Å²) in [5.41, 5.74) is 4.80. The minimum Gasteiger partial charge on any atom is -0.356 e. The zero-order chi connectivity index (χ0) is 34.8. The number of anilines is 4. The largest absolute Gasteiger partial charge is 0.356 e. The van der Waals surface area contributed by atoms with Gasteiger partial charge in [-0.1, -0.05) is 22.1 Å². The molecule has 1 aliphatic rings. The summed E-state index contributed by atoms with van der Waals surface area (Å²) in [5.74, 6) is 0.166. The van der Waals surface area contributed by atoms with Crippen LogP contribution < -0.4 is 16.0 Å². The smallest absolute Gasteiger partial charge is 0.269 e. The average Bonchev–Trinajstić information content (AvgIpc) is 3.77. The molecule has 0 radical (unpaired) electrons. The Morgan fingerprint density at radius 1 is 0.640 bits per heavy atom. The van der Waals surface area contributed by atoms with Crippen molar-refractivity contribution in [3.8, 4) is 22.6 Å². The molecule has 16 heteroatoms. The zero-order valence-electron chi connectivity index (χ0n) is 25.6. The van der Waals surface area contributed by atoms with E-state index in [-0.39, 0.29) is 36.0 Å². The van der Waals surface area contributed by atoms with E-state index in [1.54, 1.807) is 48.5 Å². The molecule has 6 aromatic rings. The first-order valence-electron chi connectivity index (χ1n) is 14.9. The molecule has 0 saturated heterocycles. The number of carbonyl (C=O) groups is 2. The van der Waals surface area contributed by atoms with E-state index in [1.165, 1.54) is 36.0 Å². The van der Waals surface area contributed by atoms with Crippen LogP contribution in [0.2, 0.25) is 0 Å². The minimum atomic E-state index is -0.487. The highest BCUT2D eigenvalue weighted by Gasteiger charge is 2.19. The number of hydrogen-bond acceptors (Lipinski definition) is 12. The van der Waals surface area contributed by atoms with Gasteiger partial charge in [-0.05, 0) is 60.7 Å². The van der Waals surface area contributed by atoms with Crippen LogP contribution in [0.3, 0.4) is 0 Å². The number of carbonyl (C=O) groups excluding carboxylic acids is 2. The minimum absolute atomic E-state index is 0.0413. The lowest BCUT2D eigenvalue weighted by Gasteiger charge is -2.22. The van der Waals surface area contributed by atoms with E-state index in [0.717, 1.165) is 21.2 Å². The van der Waals surface area contributed by atoms with Gasteiger partial charge in [0.1, 0.15) is 0 Å². The van der Waals surface area contributed by atoms with Crippen LogP contribution in [-0.4, -0.2) is 32.0 Å². The van der Waals surface area contributed by atoms with Gasteiger partial charge in [0.05, 0.1) is 45.5 Å². The third-order valence-corrected chi connectivity index (χ3v) is 8.66. The number of amides is 2. The Bertz CT molecular complexity index is 2120. The fourth-order valence-corrected chi connectivity index (χ4v) is 6.20. The summed E-state index contributed by atoms with van der Waals surface area (Å²) in [7, 11) is 0. The van der Waals surface area contributed by atoms with Crippen molar-refractivity contribution in [1.29, 1.82) is 0 Å². The van der Waals surface area contributed by atoms with Gasteiger partial charge in [0.15, 0.2) is 11.5 Å². The molecule has 50 heavy (non-hydrogen) atoms. The maximum atomic E-state index is 12.8. The molecule has 3 N–H and O–H groups in total. The zero-order valence-corrected chi connectivity index (χ0v) is 26.4. The highest BCUT2D eigenvalue weighted by molar-refractivity contribution is 7.99. The first kappa shape index (κ1) is 31.8. The van der Waals surface area contributed by atoms with Gasteiger partial charge < -0.3 is 25.0 Å². The van der Waals surface area contributed by atoms with Crippen molar-refractivity contribution in [3.63, 3.8) is 0 Å². The fraction of sp³-hybridized carbons (Fsp3) is 0.0588. The standard InChI is InChI=1S/C34H23N7O8S/c42-33(17-23-13-29(48-38-23)19-1-7-25(8-2-19)40(44)45)35-21-5-11-27-31(15-21)50-32-16-22(6-12-28(32)37-27)36-34(43)18-24-14-30(49-39-24)20-3-9-26(10-4-20)41(46)47/h1-16,37H,17-18H2,(H,35,42)(H,36,43). The number of non-ortho nitro benzene ring substituents is 2. The lowest BCUT2D eigenvalue weighted by Crippen LogP contribution is -2.15. The molecule has 248 valence electrons. The molecule has 0 unspecified atom stereocenters. The van der Waals surface area contributed by atoms with Crippen LogP contribution in [0, 0.1) is 20.2 Å². The lowest BCUT2D eigenvalue weighted by molar-refractivity contribution is -0.385. The van der Waals surface area contributed by atoms with E-state index < -0.39 is 9.85 Å². The Labute approximate surface area is 286 Å². The molecular weight excluding hydrogens is 666 g/mol. The van der Waals surface area contributed by atoms with Crippen molar-refractivity contribution in [3.05, 3.63) is 129 Å². The van der Waals surface area contributed by atoms with Crippen LogP contribution in [0.4, 0.5) is 34.1 Å². The van der Waals surface area contributed by atoms with Crippen LogP contribution >= 0.6 is 11.8 Å². The van der Waals surface area contributed by atoms with E-state index in [4.69, 9.17) is 9.05 Å². The second-order valence-electron chi connectivity index (χ2n) is 11.1. The molecule has 2 amide bonds. The molecular formula is C34H23N7O8S. The van der Waals surface area contributed by atoms with E-state index in [2.05, 4.69) is 26.3 Å². The number of fused-ring (bicyclic) bond motifs is 2. The fourth-order valence-electron chi connectivity index (χ4n) is 5.14. The summed E-state index contributed by atoms with van der Waals surface area (Å²) >= 11 is 1.48. The third-order valence-electron chi connectivity index (χ3n) is 7.55. The van der Waals surface area contributed by atoms with Gasteiger partial charge in [-0.2, -0.15) is 0 Å². The van der Waals surface area contributed by atoms with Gasteiger partial charge in [0.2, 0.25) is 11.8 Å². The van der Waals surface area contributed by atoms with Gasteiger partial charge in [-0.15, -0.1) is 0 Å². The monoisotopic (exact) mass is 689 g/mol. The first-order valence-corrected chi connectivity index (χ1v) is 15.7. The molecule has 15 nitrogen and oxygen atoms in total. The first-order chi connectivity index (χ1) is 24.2. The summed E-state index contributed by atoms with van der Waals surface area (Å²) < 4.78 is 10.7. The van der Waals surface area contributed by atoms with Crippen molar-refractivity contribution >= 4 is 57.7 Å². The predicted molar refractivity (Wildman–Crippen MR) is 182 cm³/mol. The van der Waals surface area contributed by atoms with Crippen LogP contribution in [0.5, 0.6) is 0 Å². The summed E-state index contributed by atoms with van der Waals surface area (Å²) in [6.45, 7) is 0. The Balaban J connectivity index is 0.951. The highest BCUT2D eigenvalue weighted by atomic mass is 32.2. The van der Waals surface area contributed by atoms with Crippen LogP contribution in [0.1, 0.15) is 11.4 Å². The summed E-state index contributed by atoms with van der Waals surface area (Å²) in [4.78, 5) is 48.2. The van der Waals surface area contributed by atoms with Gasteiger partial charge in [0.25, 0.3) is 11.4 Å². The van der Waals surface area contributed by atoms with E-state index in [9.17, 15) is 29.8 Å². The molecule has 7 rings (SSSR count). The van der Waals surface area contributed by atoms with E-state index in [0.29, 0.717) is 45.4 Å². The van der Waals surface area contributed by atoms with Crippen molar-refractivity contribution < 1.29 is 28.5 Å². The molecule has 4 aromatic carbocycles. The SMILES string of the molecule is O=C(Cc1cc(-c2ccc([N+](=O)[O-])cc2)on1)Nc1ccc2c(c1)Sc1cc(NC(=O)Cc3cc(-c4ccc([N+](=O)[O-])cc4)on3)ccc1N2. The van der Waals surface area contributed by atoms with Crippen molar-refractivity contribution in [2.24, 2.45) is 0 Å². The molecule has 1 aliphatic heterocycles. The number of aromatic nitrogens is 2. The average molecular weight is 690 g/mol. The number of nitro benzene ring substituents is 2. The molecule has 0 atom stereocenters. The Morgan fingerprint density at radius 3 is 1.46 bits per heavy atom. The Kier molecular flexibility index (Phi) is 8.49. The third kappa shape index (κ3) is 7.04. The lowest BCUT2D eigenvalue weighted by atomic mass is 10.1. The molecule has 3 heterocycles. The van der Waals surface area contributed by atoms with Gasteiger partial charge in [-0.25, -0.2) is 0 Å². The van der Waals surface area contributed by atoms with Gasteiger partial charge >= 0.3 is 0 Å². The Hall–Kier alpha value is -6.81. The second-order valence-corrected chi connectivity index (χ2v) is 12.2. The molecule has 0 aliphatic carbocycles. The van der Waals surface area contributed by atoms with Gasteiger partial charge in [0, 0.05) is 68.7 Å². The number of nitrogens with one attached hydrogen (secondary N) is 3. The second kappa shape index (κ2) is 13.4. The number of benzene rings is 4. The molecule has 0 bridgehead atoms. The topological polar surface area (TPSA) is 209 Å². The van der Waals surface area contributed by atoms with E-state index >= 15 is 0 Å². The Morgan fingerprint density at radius 2 is 1.06 bits per heavy atom. The van der Waals surface area contributed by atoms with Crippen LogP contribution in [0.25, 0.3) is 22.6 Å². The maximum Gasteiger partial charge on any atom is 0.269 e. The molecule has 0 fully saturated rings. The highest BCUT2D eigenvalue weighted by Crippen LogP contribution is 2.46. The number of hydrogen-bond donors (Lipinski definition) is 3. The summed E-state index contributed by atoms with van der Waals surface area (Å²) in [6.07, 6.45) is -0.0882. The quantitative estimate of drug-likeness (QED) is 0.0949. The molecule has 2 aromatic heterocycles. The predicted octanol–water partition coefficient (Wildman–Crippen LogP) is 7.38. The number of rotatable bonds is 10. The summed E-state index contributed by atoms with van der Waals surface area (Å²) in [5, 5.41) is 38.8. The molecule has 0 spiro atoms. The van der Waals surface area contributed by atoms with E-state index in [1.807, 2.05) is 24.3 Å².